The summed E-state index contributed by atoms with van der Waals surface area (Å²) in [6.45, 7) is 0. The minimum absolute atomic E-state index is 0.174. The van der Waals surface area contributed by atoms with Gasteiger partial charge in [-0.25, -0.2) is 0 Å². The number of aliphatic hydroxyl groups is 4. The zero-order valence-corrected chi connectivity index (χ0v) is 14.0. The fourth-order valence-electron chi connectivity index (χ4n) is 2.51. The summed E-state index contributed by atoms with van der Waals surface area (Å²) in [6, 6.07) is 3.96. The van der Waals surface area contributed by atoms with Gasteiger partial charge in [-0.3, -0.25) is 0 Å². The van der Waals surface area contributed by atoms with Gasteiger partial charge >= 0.3 is 125 Å². The molecule has 0 aliphatic carbocycles. The standard InChI is InChI=1S/C10H16N2O4P2S2/c11-3-1-5-17-7(13)9(15)18(19-20-18,6-2-4-12)10(16)8(17)14/h7-10,13-16H,1-2,5-6H2. The van der Waals surface area contributed by atoms with Crippen LogP contribution >= 0.6 is 33.8 Å². The summed E-state index contributed by atoms with van der Waals surface area (Å²) in [6.07, 6.45) is 0.979. The molecule has 2 rings (SSSR count). The molecule has 0 saturated carbocycles. The van der Waals surface area contributed by atoms with E-state index in [1.807, 2.05) is 12.1 Å². The second-order valence-corrected chi connectivity index (χ2v) is 21.2. The van der Waals surface area contributed by atoms with Gasteiger partial charge in [-0.2, -0.15) is 0 Å². The van der Waals surface area contributed by atoms with Crippen LogP contribution in [0.5, 0.6) is 0 Å². The summed E-state index contributed by atoms with van der Waals surface area (Å²) in [5.41, 5.74) is 0. The number of rotatable bonds is 4. The van der Waals surface area contributed by atoms with Gasteiger partial charge in [-0.05, 0) is 0 Å². The number of nitrogens with zero attached hydrogens (tertiary/aromatic N) is 2. The normalized spacial score (nSPS) is 42.9. The zero-order valence-electron chi connectivity index (χ0n) is 10.5. The summed E-state index contributed by atoms with van der Waals surface area (Å²) in [5, 5.41) is 55.9. The van der Waals surface area contributed by atoms with Crippen molar-refractivity contribution in [2.24, 2.45) is 0 Å². The van der Waals surface area contributed by atoms with E-state index in [4.69, 9.17) is 10.5 Å². The van der Waals surface area contributed by atoms with Gasteiger partial charge < -0.3 is 0 Å². The van der Waals surface area contributed by atoms with Crippen molar-refractivity contribution in [2.75, 3.05) is 12.3 Å². The molecule has 0 aromatic heterocycles. The molecule has 2 aliphatic heterocycles. The Kier molecular flexibility index (Phi) is 4.92. The monoisotopic (exact) mass is 354 g/mol. The molecule has 112 valence electrons. The molecule has 0 amide bonds. The van der Waals surface area contributed by atoms with Crippen molar-refractivity contribution >= 4 is 33.8 Å². The van der Waals surface area contributed by atoms with E-state index in [1.165, 1.54) is 20.8 Å². The molecule has 1 spiro atoms. The molecule has 4 N–H and O–H groups in total. The first-order valence-electron chi connectivity index (χ1n) is 6.05. The van der Waals surface area contributed by atoms with Gasteiger partial charge in [0.2, 0.25) is 0 Å². The average molecular weight is 354 g/mol. The third-order valence-corrected chi connectivity index (χ3v) is 23.7. The van der Waals surface area contributed by atoms with Crippen LogP contribution in [-0.2, 0) is 0 Å². The summed E-state index contributed by atoms with van der Waals surface area (Å²) in [4.78, 5) is 0. The molecule has 0 radical (unpaired) electrons. The molecular formula is C10H16N2O4P2S2. The van der Waals surface area contributed by atoms with Crippen LogP contribution in [0.1, 0.15) is 12.8 Å². The maximum atomic E-state index is 10.5. The molecule has 2 heterocycles. The Labute approximate surface area is 125 Å². The first kappa shape index (κ1) is 16.7. The number of nitriles is 2. The van der Waals surface area contributed by atoms with E-state index >= 15 is 0 Å². The van der Waals surface area contributed by atoms with Crippen LogP contribution in [0.3, 0.4) is 0 Å². The van der Waals surface area contributed by atoms with E-state index in [9.17, 15) is 20.4 Å². The number of hydrogen-bond acceptors (Lipinski definition) is 8. The van der Waals surface area contributed by atoms with Crippen molar-refractivity contribution in [3.8, 4) is 12.1 Å². The number of aliphatic hydroxyl groups excluding tert-OH is 4. The fraction of sp³-hybridized carbons (Fsp3) is 0.800. The van der Waals surface area contributed by atoms with Gasteiger partial charge in [0.25, 0.3) is 0 Å². The van der Waals surface area contributed by atoms with Gasteiger partial charge in [0.1, 0.15) is 0 Å². The van der Waals surface area contributed by atoms with Crippen molar-refractivity contribution in [1.82, 2.24) is 0 Å². The Morgan fingerprint density at radius 1 is 0.950 bits per heavy atom. The van der Waals surface area contributed by atoms with Gasteiger partial charge in [-0.1, -0.05) is 0 Å². The third-order valence-electron chi connectivity index (χ3n) is 3.82. The Bertz CT molecular complexity index is 459. The quantitative estimate of drug-likeness (QED) is 0.338. The second-order valence-electron chi connectivity index (χ2n) is 4.85. The molecule has 4 unspecified atom stereocenters. The van der Waals surface area contributed by atoms with E-state index in [2.05, 4.69) is 0 Å². The van der Waals surface area contributed by atoms with Crippen LogP contribution in [0, 0.1) is 22.7 Å². The molecule has 0 bridgehead atoms. The van der Waals surface area contributed by atoms with Gasteiger partial charge in [0, 0.05) is 0 Å². The fourth-order valence-corrected chi connectivity index (χ4v) is 24.3. The molecule has 0 aromatic carbocycles. The van der Waals surface area contributed by atoms with Crippen LogP contribution in [0.15, 0.2) is 0 Å². The van der Waals surface area contributed by atoms with E-state index in [-0.39, 0.29) is 12.8 Å². The first-order chi connectivity index (χ1) is 9.43. The molecule has 4 atom stereocenters. The molecule has 10 heteroatoms. The van der Waals surface area contributed by atoms with E-state index in [1.54, 1.807) is 0 Å². The van der Waals surface area contributed by atoms with E-state index in [0.717, 1.165) is 0 Å². The predicted molar refractivity (Wildman–Crippen MR) is 83.2 cm³/mol. The maximum absolute atomic E-state index is 10.5. The van der Waals surface area contributed by atoms with Crippen molar-refractivity contribution in [2.45, 2.75) is 36.2 Å². The van der Waals surface area contributed by atoms with E-state index < -0.39 is 36.3 Å². The molecule has 20 heavy (non-hydrogen) atoms. The predicted octanol–water partition coefficient (Wildman–Crippen LogP) is 1.36. The first-order valence-corrected chi connectivity index (χ1v) is 13.6. The van der Waals surface area contributed by atoms with Crippen LogP contribution < -0.4 is 0 Å². The van der Waals surface area contributed by atoms with Crippen molar-refractivity contribution in [1.29, 1.82) is 10.5 Å². The van der Waals surface area contributed by atoms with Crippen LogP contribution in [0.25, 0.3) is 0 Å². The molecule has 2 fully saturated rings. The minimum atomic E-state index is -3.15. The molecule has 0 aromatic rings. The van der Waals surface area contributed by atoms with Crippen molar-refractivity contribution in [3.05, 3.63) is 0 Å². The second kappa shape index (κ2) is 5.88. The molecule has 2 saturated heterocycles. The van der Waals surface area contributed by atoms with Crippen LogP contribution in [0.4, 0.5) is 0 Å². The van der Waals surface area contributed by atoms with Crippen molar-refractivity contribution in [3.63, 3.8) is 0 Å². The molecular weight excluding hydrogens is 338 g/mol. The van der Waals surface area contributed by atoms with Gasteiger partial charge in [-0.15, -0.1) is 0 Å². The Morgan fingerprint density at radius 3 is 1.85 bits per heavy atom. The van der Waals surface area contributed by atoms with Crippen LogP contribution in [0.2, 0.25) is 0 Å². The number of hydrogen-bond donors (Lipinski definition) is 4. The van der Waals surface area contributed by atoms with E-state index in [0.29, 0.717) is 12.3 Å². The third kappa shape index (κ3) is 2.28. The SMILES string of the molecule is N#CCCP1C(O)C(O)P2(CCC#N)(SS2)C(O)C1O. The van der Waals surface area contributed by atoms with Crippen molar-refractivity contribution < 1.29 is 20.4 Å². The molecule has 6 nitrogen and oxygen atoms in total. The van der Waals surface area contributed by atoms with Crippen LogP contribution in [-0.4, -0.2) is 56.1 Å². The summed E-state index contributed by atoms with van der Waals surface area (Å²) in [5.74, 6) is -4.38. The Hall–Kier alpha value is 0.380. The summed E-state index contributed by atoms with van der Waals surface area (Å²) in [7, 11) is 1.27. The summed E-state index contributed by atoms with van der Waals surface area (Å²) >= 11 is 0. The average Bonchev–Trinajstić information content (AvgIpc) is 3.20. The summed E-state index contributed by atoms with van der Waals surface area (Å²) < 4.78 is 0. The molecule has 2 aliphatic rings. The Morgan fingerprint density at radius 2 is 1.45 bits per heavy atom. The van der Waals surface area contributed by atoms with Gasteiger partial charge in [0.05, 0.1) is 0 Å². The Balaban J connectivity index is 2.27. The topological polar surface area (TPSA) is 128 Å². The van der Waals surface area contributed by atoms with Gasteiger partial charge in [0.15, 0.2) is 0 Å². The zero-order chi connectivity index (χ0) is 15.0.